The van der Waals surface area contributed by atoms with E-state index >= 15 is 0 Å². The minimum Gasteiger partial charge on any atom is -0.368 e. The second-order valence-electron chi connectivity index (χ2n) is 5.45. The van der Waals surface area contributed by atoms with E-state index in [0.29, 0.717) is 0 Å². The summed E-state index contributed by atoms with van der Waals surface area (Å²) >= 11 is 0. The van der Waals surface area contributed by atoms with Crippen LogP contribution in [0.25, 0.3) is 11.3 Å². The molecule has 0 atom stereocenters. The first kappa shape index (κ1) is 11.7. The third-order valence-corrected chi connectivity index (χ3v) is 2.46. The fourth-order valence-electron chi connectivity index (χ4n) is 1.53. The number of aromatic amines is 1. The van der Waals surface area contributed by atoms with Gasteiger partial charge in [0.15, 0.2) is 0 Å². The Kier molecular flexibility index (Phi) is 3.18. The van der Waals surface area contributed by atoms with E-state index in [-0.39, 0.29) is 5.41 Å². The normalized spacial score (nSPS) is 11.5. The minimum absolute atomic E-state index is 0.256. The Morgan fingerprint density at radius 3 is 2.53 bits per heavy atom. The Labute approximate surface area is 102 Å². The molecule has 0 radical (unpaired) electrons. The number of rotatable bonds is 3. The van der Waals surface area contributed by atoms with Gasteiger partial charge in [-0.05, 0) is 11.0 Å². The van der Waals surface area contributed by atoms with Crippen molar-refractivity contribution in [3.63, 3.8) is 0 Å². The van der Waals surface area contributed by atoms with E-state index < -0.39 is 0 Å². The van der Waals surface area contributed by atoms with Crippen LogP contribution in [0.4, 0.5) is 5.82 Å². The van der Waals surface area contributed by atoms with Crippen molar-refractivity contribution in [1.29, 1.82) is 0 Å². The second-order valence-corrected chi connectivity index (χ2v) is 5.45. The highest BCUT2D eigenvalue weighted by Gasteiger charge is 2.10. The lowest BCUT2D eigenvalue weighted by Crippen LogP contribution is -2.19. The van der Waals surface area contributed by atoms with E-state index in [9.17, 15) is 0 Å². The highest BCUT2D eigenvalue weighted by atomic mass is 15.2. The Morgan fingerprint density at radius 2 is 1.88 bits per heavy atom. The Hall–Kier alpha value is -1.77. The largest absolute Gasteiger partial charge is 0.368 e. The van der Waals surface area contributed by atoms with Crippen molar-refractivity contribution in [1.82, 2.24) is 10.2 Å². The number of aromatic nitrogens is 2. The lowest BCUT2D eigenvalue weighted by atomic mass is 9.97. The summed E-state index contributed by atoms with van der Waals surface area (Å²) in [6.45, 7) is 7.51. The summed E-state index contributed by atoms with van der Waals surface area (Å²) in [6.07, 6.45) is 0. The lowest BCUT2D eigenvalue weighted by molar-refractivity contribution is 0.442. The molecule has 0 saturated heterocycles. The summed E-state index contributed by atoms with van der Waals surface area (Å²) in [5.74, 6) is 0.902. The molecule has 0 unspecified atom stereocenters. The van der Waals surface area contributed by atoms with Crippen LogP contribution in [0.1, 0.15) is 20.8 Å². The first-order chi connectivity index (χ1) is 8.04. The monoisotopic (exact) mass is 229 g/mol. The van der Waals surface area contributed by atoms with Crippen LogP contribution < -0.4 is 5.32 Å². The maximum Gasteiger partial charge on any atom is 0.148 e. The molecule has 90 valence electrons. The molecule has 0 spiro atoms. The molecule has 17 heavy (non-hydrogen) atoms. The molecule has 0 fully saturated rings. The van der Waals surface area contributed by atoms with Gasteiger partial charge in [-0.25, -0.2) is 0 Å². The molecular formula is C14H19N3. The number of hydrogen-bond donors (Lipinski definition) is 2. The van der Waals surface area contributed by atoms with Crippen LogP contribution in [0.5, 0.6) is 0 Å². The zero-order valence-electron chi connectivity index (χ0n) is 10.6. The zero-order chi connectivity index (χ0) is 12.3. The average molecular weight is 229 g/mol. The third-order valence-electron chi connectivity index (χ3n) is 2.46. The van der Waals surface area contributed by atoms with E-state index in [1.807, 2.05) is 24.3 Å². The summed E-state index contributed by atoms with van der Waals surface area (Å²) in [5.41, 5.74) is 2.46. The van der Waals surface area contributed by atoms with Crippen molar-refractivity contribution in [3.05, 3.63) is 36.4 Å². The molecule has 0 aliphatic heterocycles. The first-order valence-electron chi connectivity index (χ1n) is 5.89. The Morgan fingerprint density at radius 1 is 1.18 bits per heavy atom. The fourth-order valence-corrected chi connectivity index (χ4v) is 1.53. The molecular weight excluding hydrogens is 210 g/mol. The smallest absolute Gasteiger partial charge is 0.148 e. The molecule has 0 saturated carbocycles. The van der Waals surface area contributed by atoms with E-state index in [1.54, 1.807) is 0 Å². The molecule has 1 aromatic carbocycles. The molecule has 3 nitrogen and oxygen atoms in total. The van der Waals surface area contributed by atoms with E-state index in [2.05, 4.69) is 48.4 Å². The SMILES string of the molecule is CC(C)(C)CNc1cc(-c2ccccc2)[nH]n1. The van der Waals surface area contributed by atoms with Gasteiger partial charge in [0.2, 0.25) is 0 Å². The van der Waals surface area contributed by atoms with Crippen molar-refractivity contribution in [2.45, 2.75) is 20.8 Å². The number of nitrogens with one attached hydrogen (secondary N) is 2. The molecule has 0 amide bonds. The van der Waals surface area contributed by atoms with Crippen molar-refractivity contribution < 1.29 is 0 Å². The predicted octanol–water partition coefficient (Wildman–Crippen LogP) is 3.53. The van der Waals surface area contributed by atoms with E-state index in [0.717, 1.165) is 23.6 Å². The lowest BCUT2D eigenvalue weighted by Gasteiger charge is -2.18. The van der Waals surface area contributed by atoms with Gasteiger partial charge in [-0.2, -0.15) is 5.10 Å². The van der Waals surface area contributed by atoms with Crippen LogP contribution in [0.3, 0.4) is 0 Å². The second kappa shape index (κ2) is 4.62. The van der Waals surface area contributed by atoms with E-state index in [1.165, 1.54) is 0 Å². The van der Waals surface area contributed by atoms with E-state index in [4.69, 9.17) is 0 Å². The molecule has 0 bridgehead atoms. The third kappa shape index (κ3) is 3.34. The highest BCUT2D eigenvalue weighted by Crippen LogP contribution is 2.20. The van der Waals surface area contributed by atoms with Gasteiger partial charge in [0.1, 0.15) is 5.82 Å². The molecule has 2 N–H and O–H groups in total. The average Bonchev–Trinajstić information content (AvgIpc) is 2.75. The summed E-state index contributed by atoms with van der Waals surface area (Å²) in [5, 5.41) is 10.6. The number of anilines is 1. The number of hydrogen-bond acceptors (Lipinski definition) is 2. The van der Waals surface area contributed by atoms with Gasteiger partial charge in [-0.15, -0.1) is 0 Å². The number of nitrogens with zero attached hydrogens (tertiary/aromatic N) is 1. The minimum atomic E-state index is 0.256. The van der Waals surface area contributed by atoms with Crippen LogP contribution in [0.15, 0.2) is 36.4 Å². The van der Waals surface area contributed by atoms with Crippen molar-refractivity contribution in [2.75, 3.05) is 11.9 Å². The quantitative estimate of drug-likeness (QED) is 0.845. The fraction of sp³-hybridized carbons (Fsp3) is 0.357. The van der Waals surface area contributed by atoms with Gasteiger partial charge in [-0.3, -0.25) is 5.10 Å². The van der Waals surface area contributed by atoms with Crippen molar-refractivity contribution in [2.24, 2.45) is 5.41 Å². The number of benzene rings is 1. The van der Waals surface area contributed by atoms with Gasteiger partial charge in [0, 0.05) is 12.6 Å². The Balaban J connectivity index is 2.07. The van der Waals surface area contributed by atoms with Crippen LogP contribution >= 0.6 is 0 Å². The van der Waals surface area contributed by atoms with Gasteiger partial charge >= 0.3 is 0 Å². The highest BCUT2D eigenvalue weighted by molar-refractivity contribution is 5.62. The summed E-state index contributed by atoms with van der Waals surface area (Å²) < 4.78 is 0. The van der Waals surface area contributed by atoms with Crippen LogP contribution in [0.2, 0.25) is 0 Å². The Bertz CT molecular complexity index is 466. The first-order valence-corrected chi connectivity index (χ1v) is 5.89. The number of H-pyrrole nitrogens is 1. The molecule has 3 heteroatoms. The molecule has 0 aliphatic rings. The predicted molar refractivity (Wildman–Crippen MR) is 72.0 cm³/mol. The molecule has 1 aromatic heterocycles. The van der Waals surface area contributed by atoms with Gasteiger partial charge in [0.25, 0.3) is 0 Å². The van der Waals surface area contributed by atoms with Crippen molar-refractivity contribution in [3.8, 4) is 11.3 Å². The summed E-state index contributed by atoms with van der Waals surface area (Å²) in [4.78, 5) is 0. The summed E-state index contributed by atoms with van der Waals surface area (Å²) in [7, 11) is 0. The van der Waals surface area contributed by atoms with Crippen LogP contribution in [-0.4, -0.2) is 16.7 Å². The molecule has 1 heterocycles. The molecule has 2 aromatic rings. The maximum atomic E-state index is 4.26. The van der Waals surface area contributed by atoms with Crippen molar-refractivity contribution >= 4 is 5.82 Å². The van der Waals surface area contributed by atoms with Gasteiger partial charge in [0.05, 0.1) is 5.69 Å². The molecule has 2 rings (SSSR count). The standard InChI is InChI=1S/C14H19N3/c1-14(2,3)10-15-13-9-12(16-17-13)11-7-5-4-6-8-11/h4-9H,10H2,1-3H3,(H2,15,16,17). The van der Waals surface area contributed by atoms with Gasteiger partial charge < -0.3 is 5.32 Å². The van der Waals surface area contributed by atoms with Crippen LogP contribution in [-0.2, 0) is 0 Å². The zero-order valence-corrected chi connectivity index (χ0v) is 10.6. The molecule has 0 aliphatic carbocycles. The van der Waals surface area contributed by atoms with Crippen LogP contribution in [0, 0.1) is 5.41 Å². The summed E-state index contributed by atoms with van der Waals surface area (Å²) in [6, 6.07) is 12.2. The maximum absolute atomic E-state index is 4.26. The van der Waals surface area contributed by atoms with Gasteiger partial charge in [-0.1, -0.05) is 51.1 Å². The topological polar surface area (TPSA) is 40.7 Å².